The first kappa shape index (κ1) is 32.2. The van der Waals surface area contributed by atoms with Crippen molar-refractivity contribution in [1.29, 1.82) is 0 Å². The van der Waals surface area contributed by atoms with Crippen molar-refractivity contribution in [3.8, 4) is 0 Å². The molecule has 2 saturated carbocycles. The monoisotopic (exact) mass is 619 g/mol. The van der Waals surface area contributed by atoms with Crippen LogP contribution in [0.4, 0.5) is 0 Å². The van der Waals surface area contributed by atoms with Crippen molar-refractivity contribution in [3.05, 3.63) is 40.3 Å². The molecule has 1 aromatic carbocycles. The van der Waals surface area contributed by atoms with E-state index in [0.717, 1.165) is 54.6 Å². The van der Waals surface area contributed by atoms with E-state index in [2.05, 4.69) is 21.9 Å². The molecule has 1 N–H and O–H groups in total. The van der Waals surface area contributed by atoms with E-state index in [1.807, 2.05) is 42.9 Å². The predicted octanol–water partition coefficient (Wildman–Crippen LogP) is 6.10. The quantitative estimate of drug-likeness (QED) is 0.174. The van der Waals surface area contributed by atoms with Crippen LogP contribution in [0.2, 0.25) is 0 Å². The molecule has 0 spiro atoms. The summed E-state index contributed by atoms with van der Waals surface area (Å²) in [6.45, 7) is 3.61. The van der Waals surface area contributed by atoms with Crippen LogP contribution in [0.15, 0.2) is 34.2 Å². The Morgan fingerprint density at radius 1 is 0.978 bits per heavy atom. The number of oxime groups is 1. The Labute approximate surface area is 268 Å². The fourth-order valence-corrected chi connectivity index (χ4v) is 9.43. The molecular weight excluding hydrogens is 566 g/mol. The molecule has 2 aliphatic carbocycles. The summed E-state index contributed by atoms with van der Waals surface area (Å²) in [7, 11) is 4.01. The molecule has 0 amide bonds. The summed E-state index contributed by atoms with van der Waals surface area (Å²) in [5.41, 5.74) is 1.96. The number of carboxylic acids is 1. The molecule has 2 aliphatic heterocycles. The van der Waals surface area contributed by atoms with Crippen molar-refractivity contribution in [2.45, 2.75) is 121 Å². The van der Waals surface area contributed by atoms with Crippen LogP contribution in [-0.4, -0.2) is 81.5 Å². The molecule has 4 bridgehead atoms. The van der Waals surface area contributed by atoms with Crippen molar-refractivity contribution in [2.75, 3.05) is 27.2 Å². The minimum atomic E-state index is -0.936. The molecule has 1 aromatic heterocycles. The van der Waals surface area contributed by atoms with Crippen molar-refractivity contribution in [1.82, 2.24) is 19.4 Å². The van der Waals surface area contributed by atoms with E-state index < -0.39 is 5.97 Å². The normalized spacial score (nSPS) is 30.5. The Balaban J connectivity index is 1.29. The van der Waals surface area contributed by atoms with Gasteiger partial charge in [-0.3, -0.25) is 14.5 Å². The molecule has 0 radical (unpaired) electrons. The Bertz CT molecular complexity index is 1390. The molecule has 246 valence electrons. The van der Waals surface area contributed by atoms with Gasteiger partial charge in [-0.05, 0) is 108 Å². The van der Waals surface area contributed by atoms with Crippen molar-refractivity contribution in [2.24, 2.45) is 22.9 Å². The van der Waals surface area contributed by atoms with E-state index in [0.29, 0.717) is 30.4 Å². The van der Waals surface area contributed by atoms with Gasteiger partial charge in [0.25, 0.3) is 5.56 Å². The first-order valence-corrected chi connectivity index (χ1v) is 17.6. The molecule has 45 heavy (non-hydrogen) atoms. The fourth-order valence-electron chi connectivity index (χ4n) is 9.43. The first-order valence-electron chi connectivity index (χ1n) is 17.6. The standard InChI is InChI=1S/C36H53N5O4/c1-4-24-17-25-19-26(18-24)21-29(20-25)40-27-9-7-10-28(40)23-30(22-27)41-33-12-6-5-11-31(33)37-35(36(41)44)32(13-14-34(42)43)38-45-16-8-15-39(2)3/h5-6,11-12,24-30H,4,7-10,13-23H2,1-3H3,(H,42,43)/b38-32+/t24-,25-,26+,27-,28+,29?,30?. The number of aromatic nitrogens is 2. The molecule has 4 aliphatic rings. The third kappa shape index (κ3) is 7.30. The number of hydrogen-bond acceptors (Lipinski definition) is 7. The zero-order chi connectivity index (χ0) is 31.5. The molecule has 2 aromatic rings. The van der Waals surface area contributed by atoms with E-state index >= 15 is 0 Å². The third-order valence-electron chi connectivity index (χ3n) is 11.2. The maximum atomic E-state index is 14.4. The second kappa shape index (κ2) is 14.3. The van der Waals surface area contributed by atoms with Gasteiger partial charge in [-0.15, -0.1) is 0 Å². The lowest BCUT2D eigenvalue weighted by Gasteiger charge is -2.56. The lowest BCUT2D eigenvalue weighted by Crippen LogP contribution is -2.59. The summed E-state index contributed by atoms with van der Waals surface area (Å²) in [4.78, 5) is 41.4. The van der Waals surface area contributed by atoms with Gasteiger partial charge in [-0.1, -0.05) is 37.1 Å². The van der Waals surface area contributed by atoms with Gasteiger partial charge in [-0.25, -0.2) is 4.98 Å². The number of fused-ring (bicyclic) bond motifs is 5. The Hall–Kier alpha value is -2.78. The molecule has 2 unspecified atom stereocenters. The molecule has 2 saturated heterocycles. The van der Waals surface area contributed by atoms with Crippen LogP contribution in [-0.2, 0) is 9.63 Å². The van der Waals surface area contributed by atoms with Gasteiger partial charge in [0, 0.05) is 37.1 Å². The smallest absolute Gasteiger partial charge is 0.303 e. The van der Waals surface area contributed by atoms with Crippen LogP contribution in [0.5, 0.6) is 0 Å². The minimum Gasteiger partial charge on any atom is -0.481 e. The summed E-state index contributed by atoms with van der Waals surface area (Å²) in [5.74, 6) is 1.75. The number of aliphatic carboxylic acids is 1. The first-order chi connectivity index (χ1) is 21.8. The average Bonchev–Trinajstić information content (AvgIpc) is 3.00. The highest BCUT2D eigenvalue weighted by molar-refractivity contribution is 6.00. The third-order valence-corrected chi connectivity index (χ3v) is 11.2. The lowest BCUT2D eigenvalue weighted by atomic mass is 9.64. The van der Waals surface area contributed by atoms with E-state index in [1.54, 1.807) is 0 Å². The number of piperidine rings is 2. The van der Waals surface area contributed by atoms with Crippen LogP contribution < -0.4 is 5.56 Å². The van der Waals surface area contributed by atoms with E-state index in [4.69, 9.17) is 9.82 Å². The van der Waals surface area contributed by atoms with E-state index in [-0.39, 0.29) is 30.1 Å². The number of carbonyl (C=O) groups is 1. The van der Waals surface area contributed by atoms with Crippen LogP contribution in [0.1, 0.15) is 109 Å². The molecule has 9 heteroatoms. The molecular formula is C36H53N5O4. The van der Waals surface area contributed by atoms with Crippen LogP contribution in [0.25, 0.3) is 11.0 Å². The van der Waals surface area contributed by atoms with Crippen LogP contribution in [0, 0.1) is 17.8 Å². The largest absolute Gasteiger partial charge is 0.481 e. The zero-order valence-corrected chi connectivity index (χ0v) is 27.6. The summed E-state index contributed by atoms with van der Waals surface area (Å²) in [6, 6.07) is 9.63. The van der Waals surface area contributed by atoms with Gasteiger partial charge in [-0.2, -0.15) is 0 Å². The predicted molar refractivity (Wildman–Crippen MR) is 178 cm³/mol. The SMILES string of the molecule is CC[C@@H]1C[C@H]2CC(N3[C@@H]4CCC[C@H]3CC(n3c(=O)c(/C(CCC(=O)O)=N/OCCCN(C)C)nc5ccccc53)C4)C[C@@H](C1)C2. The molecule has 7 atom stereocenters. The zero-order valence-electron chi connectivity index (χ0n) is 27.6. The molecule has 6 rings (SSSR count). The van der Waals surface area contributed by atoms with Gasteiger partial charge >= 0.3 is 5.97 Å². The number of carboxylic acid groups (broad SMARTS) is 1. The number of nitrogens with zero attached hydrogens (tertiary/aromatic N) is 5. The molecule has 4 fully saturated rings. The Morgan fingerprint density at radius 2 is 1.69 bits per heavy atom. The molecule has 9 nitrogen and oxygen atoms in total. The number of benzene rings is 1. The Kier molecular flexibility index (Phi) is 10.2. The second-order valence-corrected chi connectivity index (χ2v) is 14.7. The summed E-state index contributed by atoms with van der Waals surface area (Å²) < 4.78 is 1.99. The minimum absolute atomic E-state index is 0.0741. The van der Waals surface area contributed by atoms with Crippen molar-refractivity contribution < 1.29 is 14.7 Å². The van der Waals surface area contributed by atoms with E-state index in [9.17, 15) is 14.7 Å². The maximum Gasteiger partial charge on any atom is 0.303 e. The second-order valence-electron chi connectivity index (χ2n) is 14.7. The highest BCUT2D eigenvalue weighted by atomic mass is 16.6. The Morgan fingerprint density at radius 3 is 2.36 bits per heavy atom. The van der Waals surface area contributed by atoms with Gasteiger partial charge in [0.15, 0.2) is 5.69 Å². The van der Waals surface area contributed by atoms with Gasteiger partial charge < -0.3 is 19.4 Å². The van der Waals surface area contributed by atoms with Gasteiger partial charge in [0.05, 0.1) is 17.5 Å². The van der Waals surface area contributed by atoms with Crippen molar-refractivity contribution >= 4 is 22.7 Å². The van der Waals surface area contributed by atoms with E-state index in [1.165, 1.54) is 57.8 Å². The van der Waals surface area contributed by atoms with Gasteiger partial charge in [0.2, 0.25) is 0 Å². The van der Waals surface area contributed by atoms with Crippen molar-refractivity contribution in [3.63, 3.8) is 0 Å². The average molecular weight is 620 g/mol. The summed E-state index contributed by atoms with van der Waals surface area (Å²) >= 11 is 0. The number of para-hydroxylation sites is 2. The fraction of sp³-hybridized carbons (Fsp3) is 0.722. The number of rotatable bonds is 12. The van der Waals surface area contributed by atoms with Crippen LogP contribution >= 0.6 is 0 Å². The maximum absolute atomic E-state index is 14.4. The topological polar surface area (TPSA) is 100 Å². The molecule has 3 heterocycles. The summed E-state index contributed by atoms with van der Waals surface area (Å²) in [6.07, 6.45) is 14.6. The highest BCUT2D eigenvalue weighted by Gasteiger charge is 2.46. The summed E-state index contributed by atoms with van der Waals surface area (Å²) in [5, 5.41) is 13.8. The number of hydrogen-bond donors (Lipinski definition) is 1. The highest BCUT2D eigenvalue weighted by Crippen LogP contribution is 2.49. The lowest BCUT2D eigenvalue weighted by molar-refractivity contribution is -0.136. The van der Waals surface area contributed by atoms with Crippen LogP contribution in [0.3, 0.4) is 0 Å². The van der Waals surface area contributed by atoms with Gasteiger partial charge in [0.1, 0.15) is 12.3 Å².